The zero-order chi connectivity index (χ0) is 27.5. The van der Waals surface area contributed by atoms with Crippen LogP contribution in [-0.2, 0) is 26.1 Å². The van der Waals surface area contributed by atoms with Gasteiger partial charge in [-0.1, -0.05) is 0 Å². The van der Waals surface area contributed by atoms with Crippen molar-refractivity contribution in [3.05, 3.63) is 24.4 Å². The Labute approximate surface area is 217 Å². The summed E-state index contributed by atoms with van der Waals surface area (Å²) in [5.74, 6) is -0.00183. The van der Waals surface area contributed by atoms with Crippen molar-refractivity contribution < 1.29 is 32.2 Å². The van der Waals surface area contributed by atoms with Crippen LogP contribution < -0.4 is 24.4 Å². The number of nitrogens with zero attached hydrogens (tertiary/aromatic N) is 3. The largest absolute Gasteiger partial charge is 0.484 e. The summed E-state index contributed by atoms with van der Waals surface area (Å²) in [7, 11) is -4.20. The van der Waals surface area contributed by atoms with E-state index in [1.54, 1.807) is 46.8 Å². The molecule has 12 nitrogen and oxygen atoms in total. The van der Waals surface area contributed by atoms with Crippen molar-refractivity contribution in [1.82, 2.24) is 15.1 Å². The van der Waals surface area contributed by atoms with Crippen LogP contribution in [0.25, 0.3) is 0 Å². The Morgan fingerprint density at radius 3 is 2.57 bits per heavy atom. The summed E-state index contributed by atoms with van der Waals surface area (Å²) in [5.41, 5.74) is -0.174. The molecule has 0 aliphatic carbocycles. The molecule has 37 heavy (non-hydrogen) atoms. The van der Waals surface area contributed by atoms with Gasteiger partial charge < -0.3 is 19.5 Å². The van der Waals surface area contributed by atoms with Gasteiger partial charge >= 0.3 is 6.09 Å². The minimum absolute atomic E-state index is 0.00802. The third kappa shape index (κ3) is 7.06. The molecule has 0 saturated heterocycles. The van der Waals surface area contributed by atoms with Crippen molar-refractivity contribution in [3.8, 4) is 11.6 Å². The second-order valence-electron chi connectivity index (χ2n) is 9.84. The molecule has 0 saturated carbocycles. The number of hydrogen-bond acceptors (Lipinski definition) is 8. The Kier molecular flexibility index (Phi) is 8.25. The van der Waals surface area contributed by atoms with E-state index in [4.69, 9.17) is 14.2 Å². The number of fused-ring (bicyclic) bond motifs is 1. The molecule has 204 valence electrons. The van der Waals surface area contributed by atoms with Crippen LogP contribution in [0, 0.1) is 0 Å². The number of aromatic nitrogens is 2. The van der Waals surface area contributed by atoms with Crippen LogP contribution in [0.3, 0.4) is 0 Å². The molecule has 0 unspecified atom stereocenters. The lowest BCUT2D eigenvalue weighted by Crippen LogP contribution is -2.48. The fourth-order valence-electron chi connectivity index (χ4n) is 3.55. The molecular weight excluding hydrogens is 502 g/mol. The molecule has 0 spiro atoms. The molecule has 13 heteroatoms. The minimum Gasteiger partial charge on any atom is -0.484 e. The number of ether oxygens (including phenoxy) is 3. The number of rotatable bonds is 8. The molecule has 3 rings (SSSR count). The Balaban J connectivity index is 2.05. The van der Waals surface area contributed by atoms with Crippen LogP contribution in [0.4, 0.5) is 16.2 Å². The minimum atomic E-state index is -4.20. The maximum atomic E-state index is 14.0. The van der Waals surface area contributed by atoms with E-state index in [2.05, 4.69) is 15.7 Å². The third-order valence-corrected chi connectivity index (χ3v) is 6.81. The summed E-state index contributed by atoms with van der Waals surface area (Å²) in [5, 5.41) is 9.58. The molecule has 1 aliphatic rings. The highest BCUT2D eigenvalue weighted by atomic mass is 32.2. The quantitative estimate of drug-likeness (QED) is 0.523. The number of benzene rings is 1. The highest BCUT2D eigenvalue weighted by Gasteiger charge is 2.38. The highest BCUT2D eigenvalue weighted by Crippen LogP contribution is 2.40. The lowest BCUT2D eigenvalue weighted by atomic mass is 10.2. The van der Waals surface area contributed by atoms with E-state index < -0.39 is 27.8 Å². The van der Waals surface area contributed by atoms with Crippen molar-refractivity contribution in [2.75, 3.05) is 22.7 Å². The lowest BCUT2D eigenvalue weighted by Gasteiger charge is -2.35. The molecule has 0 fully saturated rings. The van der Waals surface area contributed by atoms with E-state index in [-0.39, 0.29) is 47.3 Å². The van der Waals surface area contributed by atoms with Crippen LogP contribution in [-0.4, -0.2) is 61.1 Å². The Hall–Kier alpha value is -3.48. The van der Waals surface area contributed by atoms with Gasteiger partial charge in [0.1, 0.15) is 17.5 Å². The van der Waals surface area contributed by atoms with Crippen molar-refractivity contribution in [3.63, 3.8) is 0 Å². The number of nitrogens with one attached hydrogen (secondary N) is 2. The molecule has 1 aliphatic heterocycles. The molecule has 1 aromatic heterocycles. The molecule has 2 N–H and O–H groups in total. The first-order valence-electron chi connectivity index (χ1n) is 12.0. The summed E-state index contributed by atoms with van der Waals surface area (Å²) in [6, 6.07) is 4.64. The van der Waals surface area contributed by atoms with E-state index in [1.807, 2.05) is 6.92 Å². The number of hydrogen-bond donors (Lipinski definition) is 2. The molecular formula is C24H35N5O7S. The van der Waals surface area contributed by atoms with Gasteiger partial charge in [-0.25, -0.2) is 13.2 Å². The third-order valence-electron chi connectivity index (χ3n) is 5.05. The number of amides is 2. The maximum Gasteiger partial charge on any atom is 0.412 e. The second kappa shape index (κ2) is 10.9. The van der Waals surface area contributed by atoms with Gasteiger partial charge in [-0.2, -0.15) is 0 Å². The Morgan fingerprint density at radius 2 is 1.97 bits per heavy atom. The number of carbonyl (C=O) groups excluding carboxylic acids is 2. The van der Waals surface area contributed by atoms with Crippen LogP contribution in [0.15, 0.2) is 29.3 Å². The molecule has 1 aromatic carbocycles. The van der Waals surface area contributed by atoms with E-state index in [1.165, 1.54) is 28.2 Å². The Bertz CT molecular complexity index is 1250. The van der Waals surface area contributed by atoms with Crippen LogP contribution >= 0.6 is 0 Å². The molecule has 0 bridgehead atoms. The SMILES string of the molecule is CCn1cc(S(=O)(=O)N2C[C@H](CNC(C)=O)Oc3ccc(NC(=O)OC(C)(C)C)cc32)c(OC(C)C)n1. The summed E-state index contributed by atoms with van der Waals surface area (Å²) in [4.78, 5) is 23.7. The summed E-state index contributed by atoms with van der Waals surface area (Å²) in [6.45, 7) is 12.4. The maximum absolute atomic E-state index is 14.0. The monoisotopic (exact) mass is 537 g/mol. The normalized spacial score (nSPS) is 15.6. The fraction of sp³-hybridized carbons (Fsp3) is 0.542. The average Bonchev–Trinajstić information content (AvgIpc) is 3.18. The van der Waals surface area contributed by atoms with Crippen molar-refractivity contribution in [2.24, 2.45) is 0 Å². The predicted molar refractivity (Wildman–Crippen MR) is 138 cm³/mol. The van der Waals surface area contributed by atoms with Crippen molar-refractivity contribution in [2.45, 2.75) is 77.7 Å². The molecule has 1 atom stereocenters. The molecule has 0 radical (unpaired) electrons. The van der Waals surface area contributed by atoms with Crippen molar-refractivity contribution >= 4 is 33.4 Å². The van der Waals surface area contributed by atoms with Gasteiger partial charge in [-0.3, -0.25) is 19.1 Å². The highest BCUT2D eigenvalue weighted by molar-refractivity contribution is 7.93. The fourth-order valence-corrected chi connectivity index (χ4v) is 5.12. The predicted octanol–water partition coefficient (Wildman–Crippen LogP) is 3.13. The van der Waals surface area contributed by atoms with E-state index >= 15 is 0 Å². The van der Waals surface area contributed by atoms with Crippen LogP contribution in [0.1, 0.15) is 48.5 Å². The molecule has 2 amide bonds. The van der Waals surface area contributed by atoms with Crippen molar-refractivity contribution in [1.29, 1.82) is 0 Å². The second-order valence-corrected chi connectivity index (χ2v) is 11.7. The van der Waals surface area contributed by atoms with E-state index in [0.717, 1.165) is 0 Å². The van der Waals surface area contributed by atoms with E-state index in [9.17, 15) is 18.0 Å². The van der Waals surface area contributed by atoms with Crippen LogP contribution in [0.2, 0.25) is 0 Å². The summed E-state index contributed by atoms with van der Waals surface area (Å²) >= 11 is 0. The van der Waals surface area contributed by atoms with Gasteiger partial charge in [0, 0.05) is 25.4 Å². The standard InChI is InChI=1S/C24H35N5O7S/c1-8-28-14-21(22(27-28)34-15(2)3)37(32,33)29-13-18(12-25-16(4)30)35-20-10-9-17(11-19(20)29)26-23(31)36-24(5,6)7/h9-11,14-15,18H,8,12-13H2,1-7H3,(H,25,30)(H,26,31)/t18-/m0/s1. The first-order valence-corrected chi connectivity index (χ1v) is 13.5. The molecule has 2 aromatic rings. The first-order chi connectivity index (χ1) is 17.2. The number of sulfonamides is 1. The smallest absolute Gasteiger partial charge is 0.412 e. The number of anilines is 2. The average molecular weight is 538 g/mol. The van der Waals surface area contributed by atoms with Crippen LogP contribution in [0.5, 0.6) is 11.6 Å². The van der Waals surface area contributed by atoms with Gasteiger partial charge in [0.2, 0.25) is 5.91 Å². The zero-order valence-corrected chi connectivity index (χ0v) is 23.0. The zero-order valence-electron chi connectivity index (χ0n) is 22.2. The number of aryl methyl sites for hydroxylation is 1. The van der Waals surface area contributed by atoms with E-state index in [0.29, 0.717) is 12.2 Å². The Morgan fingerprint density at radius 1 is 1.27 bits per heavy atom. The topological polar surface area (TPSA) is 141 Å². The van der Waals surface area contributed by atoms with Gasteiger partial charge in [0.15, 0.2) is 4.90 Å². The summed E-state index contributed by atoms with van der Waals surface area (Å²) in [6.07, 6.45) is -0.220. The lowest BCUT2D eigenvalue weighted by molar-refractivity contribution is -0.119. The van der Waals surface area contributed by atoms with Gasteiger partial charge in [0.25, 0.3) is 15.9 Å². The molecule has 2 heterocycles. The first kappa shape index (κ1) is 28.1. The van der Waals surface area contributed by atoms with Gasteiger partial charge in [-0.05, 0) is 59.7 Å². The van der Waals surface area contributed by atoms with Gasteiger partial charge in [0.05, 0.1) is 24.9 Å². The number of carbonyl (C=O) groups is 2. The summed E-state index contributed by atoms with van der Waals surface area (Å²) < 4.78 is 47.7. The van der Waals surface area contributed by atoms with Gasteiger partial charge in [-0.15, -0.1) is 5.10 Å².